The first-order valence-electron chi connectivity index (χ1n) is 6.04. The summed E-state index contributed by atoms with van der Waals surface area (Å²) in [5.74, 6) is 0.577. The predicted octanol–water partition coefficient (Wildman–Crippen LogP) is 3.12. The third-order valence-electron chi connectivity index (χ3n) is 3.05. The van der Waals surface area contributed by atoms with Crippen LogP contribution in [0.3, 0.4) is 0 Å². The number of hydrogen-bond donors (Lipinski definition) is 1. The van der Waals surface area contributed by atoms with E-state index < -0.39 is 6.61 Å². The number of alkyl halides is 2. The molecule has 2 atom stereocenters. The van der Waals surface area contributed by atoms with Gasteiger partial charge >= 0.3 is 6.61 Å². The van der Waals surface area contributed by atoms with Gasteiger partial charge in [-0.3, -0.25) is 0 Å². The number of rotatable bonds is 4. The Labute approximate surface area is 105 Å². The van der Waals surface area contributed by atoms with E-state index in [4.69, 9.17) is 4.74 Å². The lowest BCUT2D eigenvalue weighted by atomic mass is 9.97. The minimum atomic E-state index is -2.79. The van der Waals surface area contributed by atoms with Crippen LogP contribution in [0, 0.1) is 5.92 Å². The lowest BCUT2D eigenvalue weighted by Gasteiger charge is -2.30. The average Bonchev–Trinajstić information content (AvgIpc) is 2.32. The van der Waals surface area contributed by atoms with E-state index >= 15 is 0 Å². The Kier molecular flexibility index (Phi) is 4.36. The first kappa shape index (κ1) is 13.1. The molecule has 2 unspecified atom stereocenters. The van der Waals surface area contributed by atoms with Gasteiger partial charge in [-0.25, -0.2) is 0 Å². The Morgan fingerprint density at radius 3 is 3.00 bits per heavy atom. The predicted molar refractivity (Wildman–Crippen MR) is 65.1 cm³/mol. The maximum atomic E-state index is 12.1. The Hall–Kier alpha value is -1.36. The van der Waals surface area contributed by atoms with Gasteiger partial charge in [0.2, 0.25) is 0 Å². The molecule has 0 saturated carbocycles. The van der Waals surface area contributed by atoms with Crippen LogP contribution in [0.1, 0.15) is 13.3 Å². The van der Waals surface area contributed by atoms with E-state index in [9.17, 15) is 8.78 Å². The summed E-state index contributed by atoms with van der Waals surface area (Å²) in [5.41, 5.74) is 0.798. The number of hydrogen-bond acceptors (Lipinski definition) is 3. The van der Waals surface area contributed by atoms with Crippen molar-refractivity contribution in [2.45, 2.75) is 26.0 Å². The molecule has 0 radical (unpaired) electrons. The Bertz CT molecular complexity index is 387. The highest BCUT2D eigenvalue weighted by atomic mass is 19.3. The fraction of sp³-hybridized carbons (Fsp3) is 0.538. The zero-order chi connectivity index (χ0) is 13.0. The first-order chi connectivity index (χ1) is 8.65. The number of benzene rings is 1. The second-order valence-electron chi connectivity index (χ2n) is 4.50. The zero-order valence-electron chi connectivity index (χ0n) is 10.2. The summed E-state index contributed by atoms with van der Waals surface area (Å²) in [6.07, 6.45) is 0.918. The van der Waals surface area contributed by atoms with Crippen molar-refractivity contribution in [3.05, 3.63) is 24.3 Å². The van der Waals surface area contributed by atoms with Crippen LogP contribution >= 0.6 is 0 Å². The van der Waals surface area contributed by atoms with E-state index in [0.29, 0.717) is 12.0 Å². The highest BCUT2D eigenvalue weighted by molar-refractivity contribution is 5.49. The summed E-state index contributed by atoms with van der Waals surface area (Å²) in [7, 11) is 0. The van der Waals surface area contributed by atoms with Gasteiger partial charge in [-0.15, -0.1) is 0 Å². The molecule has 1 saturated heterocycles. The fourth-order valence-electron chi connectivity index (χ4n) is 2.07. The maximum absolute atomic E-state index is 12.1. The van der Waals surface area contributed by atoms with E-state index in [1.807, 2.05) is 6.07 Å². The summed E-state index contributed by atoms with van der Waals surface area (Å²) in [6, 6.07) is 6.96. The van der Waals surface area contributed by atoms with Crippen molar-refractivity contribution in [2.75, 3.05) is 18.5 Å². The summed E-state index contributed by atoms with van der Waals surface area (Å²) in [6.45, 7) is 0.776. The normalized spacial score (nSPS) is 24.0. The molecule has 5 heteroatoms. The van der Waals surface area contributed by atoms with Crippen molar-refractivity contribution in [3.8, 4) is 5.75 Å². The molecule has 1 fully saturated rings. The standard InChI is InChI=1S/C13H17F2NO2/c1-9-8-17-6-5-12(9)16-10-3-2-4-11(7-10)18-13(14)15/h2-4,7,9,12-13,16H,5-6,8H2,1H3. The molecule has 0 amide bonds. The van der Waals surface area contributed by atoms with Gasteiger partial charge in [0, 0.05) is 24.4 Å². The van der Waals surface area contributed by atoms with Gasteiger partial charge in [0.25, 0.3) is 0 Å². The smallest absolute Gasteiger partial charge is 0.387 e. The molecule has 0 aliphatic carbocycles. The van der Waals surface area contributed by atoms with E-state index in [0.717, 1.165) is 25.3 Å². The molecular formula is C13H17F2NO2. The summed E-state index contributed by atoms with van der Waals surface area (Å²) < 4.78 is 34.0. The highest BCUT2D eigenvalue weighted by Gasteiger charge is 2.21. The van der Waals surface area contributed by atoms with E-state index in [-0.39, 0.29) is 5.75 Å². The van der Waals surface area contributed by atoms with Gasteiger partial charge in [0.15, 0.2) is 0 Å². The fourth-order valence-corrected chi connectivity index (χ4v) is 2.07. The first-order valence-corrected chi connectivity index (χ1v) is 6.04. The minimum absolute atomic E-state index is 0.176. The molecule has 18 heavy (non-hydrogen) atoms. The third kappa shape index (κ3) is 3.57. The second kappa shape index (κ2) is 6.00. The van der Waals surface area contributed by atoms with Gasteiger partial charge < -0.3 is 14.8 Å². The zero-order valence-corrected chi connectivity index (χ0v) is 10.2. The van der Waals surface area contributed by atoms with Gasteiger partial charge in [0.05, 0.1) is 6.61 Å². The topological polar surface area (TPSA) is 30.5 Å². The molecule has 1 aliphatic heterocycles. The van der Waals surface area contributed by atoms with Crippen LogP contribution in [0.5, 0.6) is 5.75 Å². The molecule has 1 aromatic rings. The van der Waals surface area contributed by atoms with Crippen LogP contribution in [-0.4, -0.2) is 25.9 Å². The van der Waals surface area contributed by atoms with E-state index in [2.05, 4.69) is 17.0 Å². The monoisotopic (exact) mass is 257 g/mol. The van der Waals surface area contributed by atoms with E-state index in [1.165, 1.54) is 6.07 Å². The van der Waals surface area contributed by atoms with Crippen LogP contribution in [0.25, 0.3) is 0 Å². The molecule has 0 spiro atoms. The van der Waals surface area contributed by atoms with Crippen molar-refractivity contribution in [3.63, 3.8) is 0 Å². The summed E-state index contributed by atoms with van der Waals surface area (Å²) in [5, 5.41) is 3.34. The van der Waals surface area contributed by atoms with Crippen LogP contribution in [0.2, 0.25) is 0 Å². The van der Waals surface area contributed by atoms with Crippen LogP contribution in [0.15, 0.2) is 24.3 Å². The minimum Gasteiger partial charge on any atom is -0.435 e. The van der Waals surface area contributed by atoms with Crippen molar-refractivity contribution in [1.29, 1.82) is 0 Å². The molecule has 3 nitrogen and oxygen atoms in total. The molecule has 1 aliphatic rings. The van der Waals surface area contributed by atoms with Crippen LogP contribution < -0.4 is 10.1 Å². The lowest BCUT2D eigenvalue weighted by Crippen LogP contribution is -2.35. The summed E-state index contributed by atoms with van der Waals surface area (Å²) in [4.78, 5) is 0. The molecule has 2 rings (SSSR count). The molecular weight excluding hydrogens is 240 g/mol. The van der Waals surface area contributed by atoms with Gasteiger partial charge in [-0.05, 0) is 24.5 Å². The number of nitrogens with one attached hydrogen (secondary N) is 1. The number of halogens is 2. The molecule has 0 bridgehead atoms. The number of ether oxygens (including phenoxy) is 2. The van der Waals surface area contributed by atoms with Crippen molar-refractivity contribution in [1.82, 2.24) is 0 Å². The molecule has 1 N–H and O–H groups in total. The Balaban J connectivity index is 1.99. The van der Waals surface area contributed by atoms with Gasteiger partial charge in [-0.2, -0.15) is 8.78 Å². The van der Waals surface area contributed by atoms with Crippen LogP contribution in [0.4, 0.5) is 14.5 Å². The Morgan fingerprint density at radius 1 is 1.44 bits per heavy atom. The SMILES string of the molecule is CC1COCCC1Nc1cccc(OC(F)F)c1. The maximum Gasteiger partial charge on any atom is 0.387 e. The van der Waals surface area contributed by atoms with Crippen LogP contribution in [-0.2, 0) is 4.74 Å². The summed E-state index contributed by atoms with van der Waals surface area (Å²) >= 11 is 0. The van der Waals surface area contributed by atoms with Crippen molar-refractivity contribution in [2.24, 2.45) is 5.92 Å². The second-order valence-corrected chi connectivity index (χ2v) is 4.50. The highest BCUT2D eigenvalue weighted by Crippen LogP contribution is 2.23. The lowest BCUT2D eigenvalue weighted by molar-refractivity contribution is -0.0498. The van der Waals surface area contributed by atoms with E-state index in [1.54, 1.807) is 12.1 Å². The molecule has 100 valence electrons. The quantitative estimate of drug-likeness (QED) is 0.899. The Morgan fingerprint density at radius 2 is 2.28 bits per heavy atom. The third-order valence-corrected chi connectivity index (χ3v) is 3.05. The van der Waals surface area contributed by atoms with Gasteiger partial charge in [-0.1, -0.05) is 13.0 Å². The molecule has 1 aromatic carbocycles. The van der Waals surface area contributed by atoms with Crippen molar-refractivity contribution < 1.29 is 18.3 Å². The molecule has 1 heterocycles. The largest absolute Gasteiger partial charge is 0.435 e. The molecule has 0 aromatic heterocycles. The average molecular weight is 257 g/mol. The van der Waals surface area contributed by atoms with Crippen molar-refractivity contribution >= 4 is 5.69 Å². The number of anilines is 1. The van der Waals surface area contributed by atoms with Gasteiger partial charge in [0.1, 0.15) is 5.75 Å².